The molecule has 0 aromatic heterocycles. The average Bonchev–Trinajstić information content (AvgIpc) is 2.84. The van der Waals surface area contributed by atoms with Gasteiger partial charge in [0.15, 0.2) is 5.96 Å². The summed E-state index contributed by atoms with van der Waals surface area (Å²) in [6.07, 6.45) is 6.12. The van der Waals surface area contributed by atoms with E-state index in [1.54, 1.807) is 0 Å². The first-order valence-electron chi connectivity index (χ1n) is 7.46. The number of nitrogens with zero attached hydrogens (tertiary/aromatic N) is 2. The van der Waals surface area contributed by atoms with Crippen LogP contribution in [0.4, 0.5) is 0 Å². The Bertz CT molecular complexity index is 460. The molecule has 0 radical (unpaired) electrons. The van der Waals surface area contributed by atoms with Crippen LogP contribution in [-0.2, 0) is 0 Å². The van der Waals surface area contributed by atoms with Gasteiger partial charge < -0.3 is 10.6 Å². The maximum Gasteiger partial charge on any atom is 0.192 e. The number of halogens is 1. The minimum Gasteiger partial charge on any atom is -0.370 e. The number of fused-ring (bicyclic) bond motifs is 1. The van der Waals surface area contributed by atoms with E-state index in [0.717, 1.165) is 12.4 Å². The molecule has 1 fully saturated rings. The lowest BCUT2D eigenvalue weighted by atomic mass is 9.97. The van der Waals surface area contributed by atoms with Gasteiger partial charge in [0.05, 0.1) is 6.04 Å². The molecule has 2 N–H and O–H groups in total. The van der Waals surface area contributed by atoms with Gasteiger partial charge in [-0.2, -0.15) is 0 Å². The third-order valence-electron chi connectivity index (χ3n) is 4.47. The van der Waals surface area contributed by atoms with E-state index >= 15 is 0 Å². The first kappa shape index (κ1) is 15.2. The van der Waals surface area contributed by atoms with Crippen LogP contribution >= 0.6 is 12.4 Å². The zero-order valence-corrected chi connectivity index (χ0v) is 12.9. The van der Waals surface area contributed by atoms with Crippen LogP contribution in [0.3, 0.4) is 0 Å². The quantitative estimate of drug-likeness (QED) is 0.927. The molecule has 3 rings (SSSR count). The molecule has 2 aliphatic heterocycles. The highest BCUT2D eigenvalue weighted by molar-refractivity contribution is 5.85. The number of nitrogens with two attached hydrogens (primary N) is 1. The number of hydrogen-bond donors (Lipinski definition) is 1. The molecule has 3 atom stereocenters. The van der Waals surface area contributed by atoms with Gasteiger partial charge in [0.1, 0.15) is 0 Å². The Morgan fingerprint density at radius 3 is 2.70 bits per heavy atom. The Morgan fingerprint density at radius 2 is 2.00 bits per heavy atom. The fourth-order valence-corrected chi connectivity index (χ4v) is 3.61. The molecule has 0 bridgehead atoms. The summed E-state index contributed by atoms with van der Waals surface area (Å²) in [6.45, 7) is 2.25. The highest BCUT2D eigenvalue weighted by Gasteiger charge is 2.38. The predicted molar refractivity (Wildman–Crippen MR) is 86.2 cm³/mol. The molecule has 2 aliphatic rings. The smallest absolute Gasteiger partial charge is 0.192 e. The van der Waals surface area contributed by atoms with Gasteiger partial charge in [0, 0.05) is 12.1 Å². The van der Waals surface area contributed by atoms with Crippen molar-refractivity contribution in [1.82, 2.24) is 4.90 Å². The van der Waals surface area contributed by atoms with Crippen molar-refractivity contribution in [2.75, 3.05) is 0 Å². The lowest BCUT2D eigenvalue weighted by Crippen LogP contribution is -2.48. The molecular formula is C16H24ClN3. The first-order chi connectivity index (χ1) is 9.29. The first-order valence-corrected chi connectivity index (χ1v) is 7.46. The molecule has 0 amide bonds. The third kappa shape index (κ3) is 2.78. The van der Waals surface area contributed by atoms with E-state index in [1.165, 1.54) is 31.2 Å². The van der Waals surface area contributed by atoms with E-state index in [2.05, 4.69) is 42.2 Å². The topological polar surface area (TPSA) is 41.6 Å². The van der Waals surface area contributed by atoms with Crippen molar-refractivity contribution in [3.05, 3.63) is 35.9 Å². The molecule has 0 saturated carbocycles. The fourth-order valence-electron chi connectivity index (χ4n) is 3.61. The molecule has 110 valence electrons. The van der Waals surface area contributed by atoms with E-state index < -0.39 is 0 Å². The lowest BCUT2D eigenvalue weighted by molar-refractivity contribution is 0.255. The molecule has 0 unspecified atom stereocenters. The van der Waals surface area contributed by atoms with Crippen LogP contribution in [0.5, 0.6) is 0 Å². The highest BCUT2D eigenvalue weighted by atomic mass is 35.5. The van der Waals surface area contributed by atoms with Gasteiger partial charge in [-0.1, -0.05) is 43.7 Å². The molecule has 4 heteroatoms. The van der Waals surface area contributed by atoms with Crippen LogP contribution < -0.4 is 5.73 Å². The maximum absolute atomic E-state index is 6.24. The minimum atomic E-state index is 0. The van der Waals surface area contributed by atoms with Crippen LogP contribution in [0, 0.1) is 0 Å². The Balaban J connectivity index is 0.00000147. The molecule has 3 nitrogen and oxygen atoms in total. The van der Waals surface area contributed by atoms with Crippen LogP contribution in [0.25, 0.3) is 0 Å². The molecule has 2 heterocycles. The third-order valence-corrected chi connectivity index (χ3v) is 4.47. The van der Waals surface area contributed by atoms with Crippen molar-refractivity contribution in [1.29, 1.82) is 0 Å². The highest BCUT2D eigenvalue weighted by Crippen LogP contribution is 2.37. The van der Waals surface area contributed by atoms with Gasteiger partial charge >= 0.3 is 0 Å². The monoisotopic (exact) mass is 293 g/mol. The Kier molecular flexibility index (Phi) is 4.92. The number of aliphatic imine (C=N–C) groups is 1. The van der Waals surface area contributed by atoms with E-state index in [-0.39, 0.29) is 18.4 Å². The summed E-state index contributed by atoms with van der Waals surface area (Å²) in [5.74, 6) is 0.765. The van der Waals surface area contributed by atoms with E-state index in [0.29, 0.717) is 12.1 Å². The maximum atomic E-state index is 6.24. The Hall–Kier alpha value is -1.22. The van der Waals surface area contributed by atoms with Crippen molar-refractivity contribution in [2.24, 2.45) is 10.7 Å². The Labute approximate surface area is 127 Å². The van der Waals surface area contributed by atoms with Gasteiger partial charge in [-0.3, -0.25) is 0 Å². The number of guanidine groups is 1. The van der Waals surface area contributed by atoms with Crippen LogP contribution in [0.2, 0.25) is 0 Å². The predicted octanol–water partition coefficient (Wildman–Crippen LogP) is 3.50. The molecule has 0 aliphatic carbocycles. The second-order valence-corrected chi connectivity index (χ2v) is 5.73. The summed E-state index contributed by atoms with van der Waals surface area (Å²) < 4.78 is 0. The summed E-state index contributed by atoms with van der Waals surface area (Å²) in [4.78, 5) is 7.14. The second-order valence-electron chi connectivity index (χ2n) is 5.73. The molecule has 1 aromatic rings. The minimum absolute atomic E-state index is 0. The summed E-state index contributed by atoms with van der Waals surface area (Å²) in [6, 6.07) is 12.0. The van der Waals surface area contributed by atoms with E-state index in [4.69, 9.17) is 10.7 Å². The van der Waals surface area contributed by atoms with Crippen LogP contribution in [-0.4, -0.2) is 22.9 Å². The average molecular weight is 294 g/mol. The number of benzene rings is 1. The second kappa shape index (κ2) is 6.49. The molecule has 1 saturated heterocycles. The van der Waals surface area contributed by atoms with Gasteiger partial charge in [0.2, 0.25) is 0 Å². The summed E-state index contributed by atoms with van der Waals surface area (Å²) in [5, 5.41) is 0. The zero-order chi connectivity index (χ0) is 13.2. The van der Waals surface area contributed by atoms with Gasteiger partial charge in [-0.05, 0) is 31.2 Å². The van der Waals surface area contributed by atoms with Crippen molar-refractivity contribution < 1.29 is 0 Å². The SMILES string of the molecule is CCC[C@H]1CC[C@@H]2C[C@H](c3ccccc3)N=C(N)N12.Cl. The molecule has 1 aromatic carbocycles. The van der Waals surface area contributed by atoms with Crippen molar-refractivity contribution in [2.45, 2.75) is 57.2 Å². The molecular weight excluding hydrogens is 270 g/mol. The summed E-state index contributed by atoms with van der Waals surface area (Å²) in [5.41, 5.74) is 7.54. The van der Waals surface area contributed by atoms with Crippen molar-refractivity contribution in [3.63, 3.8) is 0 Å². The Morgan fingerprint density at radius 1 is 1.25 bits per heavy atom. The number of hydrogen-bond acceptors (Lipinski definition) is 3. The van der Waals surface area contributed by atoms with Crippen molar-refractivity contribution >= 4 is 18.4 Å². The molecule has 0 spiro atoms. The normalized spacial score (nSPS) is 28.6. The summed E-state index contributed by atoms with van der Waals surface area (Å²) >= 11 is 0. The lowest BCUT2D eigenvalue weighted by Gasteiger charge is -2.37. The standard InChI is InChI=1S/C16H23N3.ClH/c1-2-6-13-9-10-14-11-15(18-16(17)19(13)14)12-7-4-3-5-8-12;/h3-5,7-8,13-15H,2,6,9-11H2,1H3,(H2,17,18);1H/t13-,14+,15+;/m0./s1. The zero-order valence-electron chi connectivity index (χ0n) is 12.0. The van der Waals surface area contributed by atoms with E-state index in [1.807, 2.05) is 0 Å². The van der Waals surface area contributed by atoms with Crippen LogP contribution in [0.15, 0.2) is 35.3 Å². The van der Waals surface area contributed by atoms with Gasteiger partial charge in [0.25, 0.3) is 0 Å². The summed E-state index contributed by atoms with van der Waals surface area (Å²) in [7, 11) is 0. The number of rotatable bonds is 3. The fraction of sp³-hybridized carbons (Fsp3) is 0.562. The van der Waals surface area contributed by atoms with Gasteiger partial charge in [-0.25, -0.2) is 4.99 Å². The van der Waals surface area contributed by atoms with Gasteiger partial charge in [-0.15, -0.1) is 12.4 Å². The largest absolute Gasteiger partial charge is 0.370 e. The van der Waals surface area contributed by atoms with E-state index in [9.17, 15) is 0 Å². The van der Waals surface area contributed by atoms with Crippen LogP contribution in [0.1, 0.15) is 50.6 Å². The molecule has 20 heavy (non-hydrogen) atoms. The van der Waals surface area contributed by atoms with Crippen molar-refractivity contribution in [3.8, 4) is 0 Å².